The lowest BCUT2D eigenvalue weighted by Crippen LogP contribution is -2.23. The van der Waals surface area contributed by atoms with Gasteiger partial charge in [0.05, 0.1) is 12.6 Å². The largest absolute Gasteiger partial charge is 0.466 e. The molecule has 0 radical (unpaired) electrons. The number of hydrogen-bond acceptors (Lipinski definition) is 4. The number of H-pyrrole nitrogens is 1. The maximum Gasteiger partial charge on any atom is 0.330 e. The molecule has 0 spiro atoms. The van der Waals surface area contributed by atoms with E-state index in [1.54, 1.807) is 6.07 Å². The van der Waals surface area contributed by atoms with Crippen molar-refractivity contribution in [2.75, 3.05) is 13.7 Å². The number of hydrogen-bond donors (Lipinski definition) is 2. The Hall–Kier alpha value is -2.50. The van der Waals surface area contributed by atoms with E-state index in [9.17, 15) is 9.59 Å². The quantitative estimate of drug-likeness (QED) is 0.646. The summed E-state index contributed by atoms with van der Waals surface area (Å²) in [6.07, 6.45) is 2.77. The van der Waals surface area contributed by atoms with Crippen molar-refractivity contribution >= 4 is 23.0 Å². The Balaban J connectivity index is 1.94. The molecular weight excluding hydrogens is 248 g/mol. The number of carbonyl (C=O) groups is 2. The molecule has 1 amide bonds. The molecule has 2 aromatic rings. The van der Waals surface area contributed by atoms with Crippen molar-refractivity contribution in [1.82, 2.24) is 10.3 Å². The summed E-state index contributed by atoms with van der Waals surface area (Å²) in [6, 6.07) is 3.46. The first-order valence-electron chi connectivity index (χ1n) is 5.72. The second-order valence-corrected chi connectivity index (χ2v) is 3.95. The molecule has 0 bridgehead atoms. The summed E-state index contributed by atoms with van der Waals surface area (Å²) in [7, 11) is 1.29. The molecule has 6 heteroatoms. The van der Waals surface area contributed by atoms with Gasteiger partial charge in [0, 0.05) is 24.8 Å². The zero-order valence-corrected chi connectivity index (χ0v) is 10.6. The molecule has 0 unspecified atom stereocenters. The average Bonchev–Trinajstić information content (AvgIpc) is 2.91. The monoisotopic (exact) mass is 262 g/mol. The van der Waals surface area contributed by atoms with Crippen LogP contribution in [0.5, 0.6) is 0 Å². The normalized spacial score (nSPS) is 11.1. The molecule has 0 saturated carbocycles. The molecule has 0 saturated heterocycles. The summed E-state index contributed by atoms with van der Waals surface area (Å²) in [4.78, 5) is 25.5. The Morgan fingerprint density at radius 2 is 2.26 bits per heavy atom. The molecule has 2 rings (SSSR count). The van der Waals surface area contributed by atoms with E-state index in [0.29, 0.717) is 11.3 Å². The molecule has 6 nitrogen and oxygen atoms in total. The molecule has 19 heavy (non-hydrogen) atoms. The first-order chi connectivity index (χ1) is 9.10. The number of furan rings is 1. The Morgan fingerprint density at radius 3 is 2.95 bits per heavy atom. The number of methoxy groups -OCH3 is 1. The predicted octanol–water partition coefficient (Wildman–Crippen LogP) is 1.53. The molecule has 0 fully saturated rings. The Bertz CT molecular complexity index is 605. The third kappa shape index (κ3) is 3.04. The van der Waals surface area contributed by atoms with Crippen molar-refractivity contribution in [2.24, 2.45) is 0 Å². The summed E-state index contributed by atoms with van der Waals surface area (Å²) in [5, 5.41) is 2.64. The van der Waals surface area contributed by atoms with Gasteiger partial charge >= 0.3 is 5.97 Å². The lowest BCUT2D eigenvalue weighted by molar-refractivity contribution is -0.134. The van der Waals surface area contributed by atoms with Gasteiger partial charge in [-0.15, -0.1) is 0 Å². The average molecular weight is 262 g/mol. The molecule has 0 aliphatic carbocycles. The van der Waals surface area contributed by atoms with Gasteiger partial charge in [0.2, 0.25) is 0 Å². The van der Waals surface area contributed by atoms with Gasteiger partial charge in [-0.2, -0.15) is 0 Å². The summed E-state index contributed by atoms with van der Waals surface area (Å²) in [5.41, 5.74) is 1.85. The fourth-order valence-corrected chi connectivity index (χ4v) is 1.64. The fourth-order valence-electron chi connectivity index (χ4n) is 1.64. The topological polar surface area (TPSA) is 84.3 Å². The number of aromatic nitrogens is 1. The van der Waals surface area contributed by atoms with Crippen LogP contribution in [0.1, 0.15) is 16.2 Å². The van der Waals surface area contributed by atoms with Crippen molar-refractivity contribution in [3.63, 3.8) is 0 Å². The van der Waals surface area contributed by atoms with Gasteiger partial charge in [0.15, 0.2) is 5.58 Å². The third-order valence-corrected chi connectivity index (χ3v) is 2.51. The first-order valence-corrected chi connectivity index (χ1v) is 5.72. The van der Waals surface area contributed by atoms with E-state index in [2.05, 4.69) is 15.0 Å². The predicted molar refractivity (Wildman–Crippen MR) is 68.8 cm³/mol. The van der Waals surface area contributed by atoms with Crippen LogP contribution in [0.4, 0.5) is 0 Å². The molecular formula is C13H14N2O4. The lowest BCUT2D eigenvalue weighted by atomic mass is 10.4. The second kappa shape index (κ2) is 5.43. The van der Waals surface area contributed by atoms with E-state index >= 15 is 0 Å². The van der Waals surface area contributed by atoms with E-state index in [-0.39, 0.29) is 12.5 Å². The van der Waals surface area contributed by atoms with Crippen LogP contribution >= 0.6 is 0 Å². The molecule has 0 aromatic carbocycles. The molecule has 0 aliphatic rings. The van der Waals surface area contributed by atoms with Crippen LogP contribution in [0.2, 0.25) is 0 Å². The minimum absolute atomic E-state index is 0.243. The van der Waals surface area contributed by atoms with Crippen LogP contribution in [0.15, 0.2) is 28.7 Å². The standard InChI is InChI=1S/C13H14N2O4/c1-8-6-9-11(19-8)7-10(15-9)13(17)14-5-3-4-12(16)18-2/h3-4,6-7,15H,5H2,1-2H3,(H,14,17)/b4-3+. The van der Waals surface area contributed by atoms with Crippen molar-refractivity contribution in [3.05, 3.63) is 35.7 Å². The summed E-state index contributed by atoms with van der Waals surface area (Å²) < 4.78 is 9.81. The van der Waals surface area contributed by atoms with E-state index in [1.165, 1.54) is 19.3 Å². The minimum Gasteiger partial charge on any atom is -0.466 e. The highest BCUT2D eigenvalue weighted by molar-refractivity contribution is 5.97. The van der Waals surface area contributed by atoms with E-state index < -0.39 is 5.97 Å². The maximum atomic E-state index is 11.8. The molecule has 0 aliphatic heterocycles. The number of nitrogens with one attached hydrogen (secondary N) is 2. The van der Waals surface area contributed by atoms with Crippen molar-refractivity contribution < 1.29 is 18.7 Å². The molecule has 100 valence electrons. The van der Waals surface area contributed by atoms with E-state index in [1.807, 2.05) is 13.0 Å². The Labute approximate surface area is 109 Å². The highest BCUT2D eigenvalue weighted by Gasteiger charge is 2.11. The molecule has 2 N–H and O–H groups in total. The van der Waals surface area contributed by atoms with Gasteiger partial charge in [-0.3, -0.25) is 4.79 Å². The zero-order valence-electron chi connectivity index (χ0n) is 10.6. The summed E-state index contributed by atoms with van der Waals surface area (Å²) >= 11 is 0. The number of carbonyl (C=O) groups excluding carboxylic acids is 2. The maximum absolute atomic E-state index is 11.8. The van der Waals surface area contributed by atoms with Crippen LogP contribution < -0.4 is 5.32 Å². The summed E-state index contributed by atoms with van der Waals surface area (Å²) in [5.74, 6) is 0.0647. The minimum atomic E-state index is -0.456. The number of esters is 1. The van der Waals surface area contributed by atoms with Crippen LogP contribution in [-0.2, 0) is 9.53 Å². The van der Waals surface area contributed by atoms with Gasteiger partial charge in [0.1, 0.15) is 11.5 Å². The Kier molecular flexibility index (Phi) is 3.70. The number of fused-ring (bicyclic) bond motifs is 1. The SMILES string of the molecule is COC(=O)/C=C/CNC(=O)c1cc2oc(C)cc2[nH]1. The number of rotatable bonds is 4. The van der Waals surface area contributed by atoms with Crippen LogP contribution in [0.25, 0.3) is 11.1 Å². The van der Waals surface area contributed by atoms with Gasteiger partial charge in [-0.1, -0.05) is 6.08 Å². The van der Waals surface area contributed by atoms with Crippen LogP contribution in [0.3, 0.4) is 0 Å². The first kappa shape index (κ1) is 12.9. The lowest BCUT2D eigenvalue weighted by Gasteiger charge is -1.98. The van der Waals surface area contributed by atoms with Gasteiger partial charge in [-0.25, -0.2) is 4.79 Å². The second-order valence-electron chi connectivity index (χ2n) is 3.95. The Morgan fingerprint density at radius 1 is 1.47 bits per heavy atom. The van der Waals surface area contributed by atoms with Crippen LogP contribution in [0, 0.1) is 6.92 Å². The van der Waals surface area contributed by atoms with Crippen molar-refractivity contribution in [3.8, 4) is 0 Å². The van der Waals surface area contributed by atoms with E-state index in [0.717, 1.165) is 11.3 Å². The van der Waals surface area contributed by atoms with Gasteiger partial charge in [0.25, 0.3) is 5.91 Å². The summed E-state index contributed by atoms with van der Waals surface area (Å²) in [6.45, 7) is 2.08. The van der Waals surface area contributed by atoms with E-state index in [4.69, 9.17) is 4.42 Å². The smallest absolute Gasteiger partial charge is 0.330 e. The molecule has 0 atom stereocenters. The van der Waals surface area contributed by atoms with Crippen molar-refractivity contribution in [2.45, 2.75) is 6.92 Å². The molecule has 2 heterocycles. The highest BCUT2D eigenvalue weighted by atomic mass is 16.5. The fraction of sp³-hybridized carbons (Fsp3) is 0.231. The third-order valence-electron chi connectivity index (χ3n) is 2.51. The number of aryl methyl sites for hydroxylation is 1. The zero-order chi connectivity index (χ0) is 13.8. The number of amides is 1. The van der Waals surface area contributed by atoms with Crippen molar-refractivity contribution in [1.29, 1.82) is 0 Å². The number of ether oxygens (including phenoxy) is 1. The highest BCUT2D eigenvalue weighted by Crippen LogP contribution is 2.19. The van der Waals surface area contributed by atoms with Gasteiger partial charge < -0.3 is 19.5 Å². The van der Waals surface area contributed by atoms with Gasteiger partial charge in [-0.05, 0) is 6.92 Å². The number of aromatic amines is 1. The van der Waals surface area contributed by atoms with Crippen LogP contribution in [-0.4, -0.2) is 30.5 Å². The molecule has 2 aromatic heterocycles.